The predicted octanol–water partition coefficient (Wildman–Crippen LogP) is 2.44. The van der Waals surface area contributed by atoms with E-state index in [0.29, 0.717) is 42.7 Å². The number of hydrogen-bond acceptors (Lipinski definition) is 4. The molecule has 0 aromatic heterocycles. The quantitative estimate of drug-likeness (QED) is 0.735. The van der Waals surface area contributed by atoms with Crippen molar-refractivity contribution in [2.45, 2.75) is 27.2 Å². The van der Waals surface area contributed by atoms with Crippen LogP contribution in [0, 0.1) is 11.8 Å². The first-order chi connectivity index (χ1) is 10.5. The molecular weight excluding hydrogens is 280 g/mol. The summed E-state index contributed by atoms with van der Waals surface area (Å²) in [5.74, 6) is 1.94. The van der Waals surface area contributed by atoms with Crippen molar-refractivity contribution in [1.29, 1.82) is 0 Å². The third-order valence-electron chi connectivity index (χ3n) is 3.39. The van der Waals surface area contributed by atoms with Gasteiger partial charge in [-0.05, 0) is 43.0 Å². The minimum Gasteiger partial charge on any atom is -0.493 e. The number of ether oxygens (including phenoxy) is 2. The zero-order valence-electron chi connectivity index (χ0n) is 14.0. The summed E-state index contributed by atoms with van der Waals surface area (Å²) in [6, 6.07) is 5.23. The molecule has 0 bridgehead atoms. The van der Waals surface area contributed by atoms with Gasteiger partial charge in [-0.15, -0.1) is 0 Å². The molecule has 0 saturated heterocycles. The van der Waals surface area contributed by atoms with Crippen molar-refractivity contribution >= 4 is 5.91 Å². The Kier molecular flexibility index (Phi) is 7.74. The Balaban J connectivity index is 2.68. The van der Waals surface area contributed by atoms with Gasteiger partial charge in [-0.25, -0.2) is 0 Å². The number of nitrogens with one attached hydrogen (secondary N) is 1. The van der Waals surface area contributed by atoms with E-state index in [4.69, 9.17) is 15.2 Å². The Bertz CT molecular complexity index is 475. The van der Waals surface area contributed by atoms with Gasteiger partial charge in [0, 0.05) is 12.1 Å². The maximum atomic E-state index is 12.1. The summed E-state index contributed by atoms with van der Waals surface area (Å²) >= 11 is 0. The predicted molar refractivity (Wildman–Crippen MR) is 88.5 cm³/mol. The lowest BCUT2D eigenvalue weighted by atomic mass is 10.1. The van der Waals surface area contributed by atoms with Gasteiger partial charge in [-0.2, -0.15) is 0 Å². The highest BCUT2D eigenvalue weighted by atomic mass is 16.5. The fraction of sp³-hybridized carbons (Fsp3) is 0.588. The van der Waals surface area contributed by atoms with E-state index in [0.717, 1.165) is 6.42 Å². The van der Waals surface area contributed by atoms with Gasteiger partial charge in [-0.1, -0.05) is 20.8 Å². The van der Waals surface area contributed by atoms with Gasteiger partial charge in [0.05, 0.1) is 13.7 Å². The fourth-order valence-electron chi connectivity index (χ4n) is 1.78. The lowest BCUT2D eigenvalue weighted by Gasteiger charge is -2.14. The highest BCUT2D eigenvalue weighted by molar-refractivity contribution is 5.94. The van der Waals surface area contributed by atoms with Crippen LogP contribution in [-0.4, -0.2) is 32.7 Å². The van der Waals surface area contributed by atoms with Crippen LogP contribution >= 0.6 is 0 Å². The van der Waals surface area contributed by atoms with Crippen LogP contribution in [0.2, 0.25) is 0 Å². The van der Waals surface area contributed by atoms with E-state index in [1.165, 1.54) is 0 Å². The summed E-state index contributed by atoms with van der Waals surface area (Å²) in [5, 5.41) is 2.86. The largest absolute Gasteiger partial charge is 0.493 e. The fourth-order valence-corrected chi connectivity index (χ4v) is 1.78. The molecule has 1 aromatic rings. The van der Waals surface area contributed by atoms with Gasteiger partial charge in [0.25, 0.3) is 5.91 Å². The lowest BCUT2D eigenvalue weighted by Crippen LogP contribution is -2.31. The van der Waals surface area contributed by atoms with Gasteiger partial charge in [0.1, 0.15) is 0 Å². The van der Waals surface area contributed by atoms with E-state index < -0.39 is 0 Å². The molecule has 1 aromatic carbocycles. The van der Waals surface area contributed by atoms with E-state index in [-0.39, 0.29) is 11.8 Å². The molecule has 0 spiro atoms. The van der Waals surface area contributed by atoms with Crippen molar-refractivity contribution in [2.75, 3.05) is 26.8 Å². The van der Waals surface area contributed by atoms with Crippen LogP contribution in [0.15, 0.2) is 18.2 Å². The lowest BCUT2D eigenvalue weighted by molar-refractivity contribution is 0.0948. The molecule has 5 nitrogen and oxygen atoms in total. The number of rotatable bonds is 9. The highest BCUT2D eigenvalue weighted by Gasteiger charge is 2.12. The Morgan fingerprint density at radius 2 is 2.00 bits per heavy atom. The number of hydrogen-bond donors (Lipinski definition) is 2. The first-order valence-corrected chi connectivity index (χ1v) is 7.77. The average molecular weight is 308 g/mol. The average Bonchev–Trinajstić information content (AvgIpc) is 2.51. The summed E-state index contributed by atoms with van der Waals surface area (Å²) in [7, 11) is 1.57. The molecule has 0 fully saturated rings. The number of amides is 1. The molecule has 1 atom stereocenters. The summed E-state index contributed by atoms with van der Waals surface area (Å²) in [6.07, 6.45) is 0.975. The molecule has 0 aliphatic rings. The molecular formula is C17H28N2O3. The minimum absolute atomic E-state index is 0.132. The summed E-state index contributed by atoms with van der Waals surface area (Å²) < 4.78 is 11.0. The van der Waals surface area contributed by atoms with Crippen LogP contribution in [0.25, 0.3) is 0 Å². The molecule has 3 N–H and O–H groups in total. The van der Waals surface area contributed by atoms with E-state index in [1.807, 2.05) is 6.92 Å². The van der Waals surface area contributed by atoms with Crippen molar-refractivity contribution in [3.8, 4) is 11.5 Å². The van der Waals surface area contributed by atoms with Crippen molar-refractivity contribution in [3.05, 3.63) is 23.8 Å². The first kappa shape index (κ1) is 18.3. The summed E-state index contributed by atoms with van der Waals surface area (Å²) in [4.78, 5) is 12.1. The van der Waals surface area contributed by atoms with Crippen molar-refractivity contribution in [3.63, 3.8) is 0 Å². The molecule has 0 radical (unpaired) electrons. The summed E-state index contributed by atoms with van der Waals surface area (Å²) in [5.41, 5.74) is 6.10. The Morgan fingerprint density at radius 3 is 2.59 bits per heavy atom. The second kappa shape index (κ2) is 9.30. The van der Waals surface area contributed by atoms with Crippen LogP contribution in [0.3, 0.4) is 0 Å². The number of carbonyl (C=O) groups excluding carboxylic acids is 1. The zero-order valence-corrected chi connectivity index (χ0v) is 14.0. The molecule has 1 rings (SSSR count). The van der Waals surface area contributed by atoms with Crippen LogP contribution in [0.1, 0.15) is 37.6 Å². The first-order valence-electron chi connectivity index (χ1n) is 7.77. The van der Waals surface area contributed by atoms with Crippen molar-refractivity contribution < 1.29 is 14.3 Å². The molecule has 1 amide bonds. The highest BCUT2D eigenvalue weighted by Crippen LogP contribution is 2.28. The third-order valence-corrected chi connectivity index (χ3v) is 3.39. The summed E-state index contributed by atoms with van der Waals surface area (Å²) in [6.45, 7) is 8.03. The molecule has 0 aliphatic heterocycles. The molecule has 0 aliphatic carbocycles. The number of methoxy groups -OCH3 is 1. The topological polar surface area (TPSA) is 73.6 Å². The van der Waals surface area contributed by atoms with Gasteiger partial charge in [0.2, 0.25) is 0 Å². The molecule has 5 heteroatoms. The van der Waals surface area contributed by atoms with Crippen LogP contribution in [0.4, 0.5) is 0 Å². The molecule has 1 unspecified atom stereocenters. The minimum atomic E-state index is -0.132. The van der Waals surface area contributed by atoms with E-state index in [1.54, 1.807) is 25.3 Å². The molecule has 0 saturated carbocycles. The van der Waals surface area contributed by atoms with E-state index in [2.05, 4.69) is 19.2 Å². The maximum absolute atomic E-state index is 12.1. The Hall–Kier alpha value is -1.75. The Labute approximate surface area is 133 Å². The van der Waals surface area contributed by atoms with E-state index >= 15 is 0 Å². The normalized spacial score (nSPS) is 12.1. The second-order valence-corrected chi connectivity index (χ2v) is 5.95. The van der Waals surface area contributed by atoms with Gasteiger partial charge >= 0.3 is 0 Å². The van der Waals surface area contributed by atoms with Gasteiger partial charge < -0.3 is 20.5 Å². The molecule has 124 valence electrons. The second-order valence-electron chi connectivity index (χ2n) is 5.95. The van der Waals surface area contributed by atoms with Gasteiger partial charge in [0.15, 0.2) is 11.5 Å². The molecule has 0 heterocycles. The van der Waals surface area contributed by atoms with Crippen molar-refractivity contribution in [1.82, 2.24) is 5.32 Å². The monoisotopic (exact) mass is 308 g/mol. The van der Waals surface area contributed by atoms with Crippen LogP contribution < -0.4 is 20.5 Å². The smallest absolute Gasteiger partial charge is 0.251 e. The van der Waals surface area contributed by atoms with E-state index in [9.17, 15) is 4.79 Å². The number of nitrogens with two attached hydrogens (primary N) is 1. The standard InChI is InChI=1S/C17H28N2O3/c1-12(2)7-8-22-15-6-5-14(9-16(15)21-4)17(20)19-11-13(3)10-18/h5-6,9,12-13H,7-8,10-11,18H2,1-4H3,(H,19,20). The maximum Gasteiger partial charge on any atom is 0.251 e. The zero-order chi connectivity index (χ0) is 16.5. The number of carbonyl (C=O) groups is 1. The van der Waals surface area contributed by atoms with Gasteiger partial charge in [-0.3, -0.25) is 4.79 Å². The van der Waals surface area contributed by atoms with Crippen LogP contribution in [0.5, 0.6) is 11.5 Å². The van der Waals surface area contributed by atoms with Crippen LogP contribution in [-0.2, 0) is 0 Å². The third kappa shape index (κ3) is 5.93. The SMILES string of the molecule is COc1cc(C(=O)NCC(C)CN)ccc1OCCC(C)C. The van der Waals surface area contributed by atoms with Crippen molar-refractivity contribution in [2.24, 2.45) is 17.6 Å². The Morgan fingerprint density at radius 1 is 1.27 bits per heavy atom. The number of benzene rings is 1. The molecule has 22 heavy (non-hydrogen) atoms.